The second-order valence-corrected chi connectivity index (χ2v) is 7.79. The van der Waals surface area contributed by atoms with E-state index in [0.29, 0.717) is 28.8 Å². The Kier molecular flexibility index (Phi) is 6.33. The Labute approximate surface area is 173 Å². The number of ketones is 1. The van der Waals surface area contributed by atoms with Gasteiger partial charge in [-0.25, -0.2) is 0 Å². The van der Waals surface area contributed by atoms with Crippen LogP contribution in [0.25, 0.3) is 11.4 Å². The molecule has 7 nitrogen and oxygen atoms in total. The average molecular weight is 410 g/mol. The summed E-state index contributed by atoms with van der Waals surface area (Å²) in [5, 5.41) is 21.1. The number of nitrogens with zero attached hydrogens (tertiary/aromatic N) is 3. The number of phenolic OH excluding ortho intramolecular Hbond substituents is 1. The number of nitrogens with one attached hydrogen (secondary N) is 1. The molecule has 0 aliphatic heterocycles. The molecule has 1 atom stereocenters. The molecule has 1 heterocycles. The summed E-state index contributed by atoms with van der Waals surface area (Å²) in [5.74, 6) is 0.688. The van der Waals surface area contributed by atoms with Crippen LogP contribution in [-0.4, -0.2) is 36.8 Å². The van der Waals surface area contributed by atoms with Gasteiger partial charge in [0, 0.05) is 23.4 Å². The van der Waals surface area contributed by atoms with Gasteiger partial charge in [-0.3, -0.25) is 9.59 Å². The van der Waals surface area contributed by atoms with E-state index in [-0.39, 0.29) is 17.4 Å². The molecule has 0 aliphatic rings. The highest BCUT2D eigenvalue weighted by Crippen LogP contribution is 2.28. The van der Waals surface area contributed by atoms with E-state index < -0.39 is 5.25 Å². The number of phenols is 1. The molecule has 3 rings (SSSR count). The Hall–Kier alpha value is -3.13. The smallest absolute Gasteiger partial charge is 0.237 e. The zero-order valence-electron chi connectivity index (χ0n) is 16.4. The summed E-state index contributed by atoms with van der Waals surface area (Å²) in [7, 11) is 0. The molecule has 0 saturated heterocycles. The van der Waals surface area contributed by atoms with Crippen LogP contribution in [-0.2, 0) is 11.3 Å². The molecule has 150 valence electrons. The van der Waals surface area contributed by atoms with Crippen LogP contribution in [0, 0.1) is 0 Å². The molecule has 1 aromatic heterocycles. The predicted octanol–water partition coefficient (Wildman–Crippen LogP) is 3.99. The molecule has 1 amide bonds. The minimum absolute atomic E-state index is 0.0184. The van der Waals surface area contributed by atoms with Crippen LogP contribution in [0.2, 0.25) is 0 Å². The summed E-state index contributed by atoms with van der Waals surface area (Å²) < 4.78 is 1.93. The van der Waals surface area contributed by atoms with Crippen LogP contribution < -0.4 is 5.32 Å². The number of benzene rings is 2. The van der Waals surface area contributed by atoms with Gasteiger partial charge in [0.05, 0.1) is 5.25 Å². The highest BCUT2D eigenvalue weighted by molar-refractivity contribution is 8.00. The quantitative estimate of drug-likeness (QED) is 0.451. The first-order chi connectivity index (χ1) is 13.9. The third kappa shape index (κ3) is 4.83. The lowest BCUT2D eigenvalue weighted by Gasteiger charge is -2.13. The third-order valence-corrected chi connectivity index (χ3v) is 5.45. The molecule has 29 heavy (non-hydrogen) atoms. The van der Waals surface area contributed by atoms with Crippen LogP contribution in [0.3, 0.4) is 0 Å². The van der Waals surface area contributed by atoms with Crippen molar-refractivity contribution in [3.63, 3.8) is 0 Å². The zero-order chi connectivity index (χ0) is 21.0. The minimum atomic E-state index is -0.398. The number of anilines is 1. The molecule has 3 aromatic rings. The Morgan fingerprint density at radius 3 is 2.34 bits per heavy atom. The molecular formula is C21H22N4O3S. The molecule has 0 radical (unpaired) electrons. The van der Waals surface area contributed by atoms with E-state index in [4.69, 9.17) is 0 Å². The van der Waals surface area contributed by atoms with E-state index in [1.165, 1.54) is 18.7 Å². The second kappa shape index (κ2) is 8.91. The highest BCUT2D eigenvalue weighted by Gasteiger charge is 2.20. The summed E-state index contributed by atoms with van der Waals surface area (Å²) in [6, 6.07) is 13.6. The Balaban J connectivity index is 1.71. The molecule has 0 fully saturated rings. The first kappa shape index (κ1) is 20.6. The van der Waals surface area contributed by atoms with Crippen LogP contribution in [0.5, 0.6) is 5.75 Å². The van der Waals surface area contributed by atoms with Crippen molar-refractivity contribution in [2.45, 2.75) is 37.7 Å². The number of hydrogen-bond acceptors (Lipinski definition) is 6. The Morgan fingerprint density at radius 2 is 1.76 bits per heavy atom. The number of aromatic nitrogens is 3. The lowest BCUT2D eigenvalue weighted by atomic mass is 10.1. The topological polar surface area (TPSA) is 97.1 Å². The first-order valence-corrected chi connectivity index (χ1v) is 10.1. The molecule has 0 saturated carbocycles. The number of rotatable bonds is 7. The maximum atomic E-state index is 12.6. The van der Waals surface area contributed by atoms with Gasteiger partial charge in [-0.1, -0.05) is 11.8 Å². The van der Waals surface area contributed by atoms with E-state index in [0.717, 1.165) is 5.56 Å². The van der Waals surface area contributed by atoms with Gasteiger partial charge in [-0.05, 0) is 69.3 Å². The minimum Gasteiger partial charge on any atom is -0.508 e. The largest absolute Gasteiger partial charge is 0.508 e. The van der Waals surface area contributed by atoms with E-state index in [1.54, 1.807) is 55.5 Å². The summed E-state index contributed by atoms with van der Waals surface area (Å²) in [6.07, 6.45) is 0. The van der Waals surface area contributed by atoms with Crippen LogP contribution >= 0.6 is 11.8 Å². The normalized spacial score (nSPS) is 11.8. The van der Waals surface area contributed by atoms with E-state index in [2.05, 4.69) is 15.5 Å². The number of carbonyl (C=O) groups is 2. The van der Waals surface area contributed by atoms with E-state index in [1.807, 2.05) is 11.5 Å². The molecule has 0 spiro atoms. The maximum absolute atomic E-state index is 12.6. The van der Waals surface area contributed by atoms with Crippen molar-refractivity contribution in [2.75, 3.05) is 5.32 Å². The number of thioether (sulfide) groups is 1. The fourth-order valence-corrected chi connectivity index (χ4v) is 3.64. The summed E-state index contributed by atoms with van der Waals surface area (Å²) in [6.45, 7) is 5.94. The fraction of sp³-hybridized carbons (Fsp3) is 0.238. The number of hydrogen-bond donors (Lipinski definition) is 2. The lowest BCUT2D eigenvalue weighted by molar-refractivity contribution is -0.115. The summed E-state index contributed by atoms with van der Waals surface area (Å²) >= 11 is 1.32. The number of Topliss-reactive ketones (excluding diaryl/α,β-unsaturated/α-hetero) is 1. The Bertz CT molecular complexity index is 1010. The van der Waals surface area contributed by atoms with Gasteiger partial charge in [-0.15, -0.1) is 10.2 Å². The Morgan fingerprint density at radius 1 is 1.10 bits per heavy atom. The SMILES string of the molecule is CCn1c(S[C@H](C)C(=O)Nc2ccc(C(C)=O)cc2)nnc1-c1ccc(O)cc1. The predicted molar refractivity (Wildman–Crippen MR) is 113 cm³/mol. The van der Waals surface area contributed by atoms with E-state index >= 15 is 0 Å². The molecule has 0 aliphatic carbocycles. The average Bonchev–Trinajstić information content (AvgIpc) is 3.11. The summed E-state index contributed by atoms with van der Waals surface area (Å²) in [4.78, 5) is 23.9. The van der Waals surface area contributed by atoms with Gasteiger partial charge in [-0.2, -0.15) is 0 Å². The first-order valence-electron chi connectivity index (χ1n) is 9.20. The van der Waals surface area contributed by atoms with Gasteiger partial charge >= 0.3 is 0 Å². The van der Waals surface area contributed by atoms with Crippen molar-refractivity contribution in [3.05, 3.63) is 54.1 Å². The number of aromatic hydroxyl groups is 1. The summed E-state index contributed by atoms with van der Waals surface area (Å²) in [5.41, 5.74) is 2.07. The molecule has 2 aromatic carbocycles. The van der Waals surface area contributed by atoms with Crippen molar-refractivity contribution in [1.82, 2.24) is 14.8 Å². The van der Waals surface area contributed by atoms with Crippen molar-refractivity contribution >= 4 is 29.1 Å². The van der Waals surface area contributed by atoms with Crippen LogP contribution in [0.4, 0.5) is 5.69 Å². The zero-order valence-corrected chi connectivity index (χ0v) is 17.2. The molecule has 0 bridgehead atoms. The van der Waals surface area contributed by atoms with Gasteiger partial charge in [0.2, 0.25) is 5.91 Å². The maximum Gasteiger partial charge on any atom is 0.237 e. The molecular weight excluding hydrogens is 388 g/mol. The second-order valence-electron chi connectivity index (χ2n) is 6.48. The molecule has 8 heteroatoms. The van der Waals surface area contributed by atoms with Crippen molar-refractivity contribution in [2.24, 2.45) is 0 Å². The van der Waals surface area contributed by atoms with Gasteiger partial charge in [0.25, 0.3) is 0 Å². The third-order valence-electron chi connectivity index (χ3n) is 4.37. The standard InChI is InChI=1S/C21H22N4O3S/c1-4-25-19(16-7-11-18(27)12-8-16)23-24-21(25)29-14(3)20(28)22-17-9-5-15(6-10-17)13(2)26/h5-12,14,27H,4H2,1-3H3,(H,22,28)/t14-/m1/s1. The fourth-order valence-electron chi connectivity index (χ4n) is 2.73. The van der Waals surface area contributed by atoms with E-state index in [9.17, 15) is 14.7 Å². The number of amides is 1. The van der Waals surface area contributed by atoms with Crippen LogP contribution in [0.1, 0.15) is 31.1 Å². The molecule has 2 N–H and O–H groups in total. The van der Waals surface area contributed by atoms with Crippen molar-refractivity contribution in [1.29, 1.82) is 0 Å². The van der Waals surface area contributed by atoms with Gasteiger partial charge in [0.15, 0.2) is 16.8 Å². The van der Waals surface area contributed by atoms with Gasteiger partial charge < -0.3 is 15.0 Å². The van der Waals surface area contributed by atoms with Crippen molar-refractivity contribution < 1.29 is 14.7 Å². The lowest BCUT2D eigenvalue weighted by Crippen LogP contribution is -2.23. The van der Waals surface area contributed by atoms with Crippen LogP contribution in [0.15, 0.2) is 53.7 Å². The highest BCUT2D eigenvalue weighted by atomic mass is 32.2. The number of carbonyl (C=O) groups excluding carboxylic acids is 2. The molecule has 0 unspecified atom stereocenters. The monoisotopic (exact) mass is 410 g/mol. The van der Waals surface area contributed by atoms with Gasteiger partial charge in [0.1, 0.15) is 5.75 Å². The van der Waals surface area contributed by atoms with Crippen molar-refractivity contribution in [3.8, 4) is 17.1 Å².